The highest BCUT2D eigenvalue weighted by Crippen LogP contribution is 2.00. The van der Waals surface area contributed by atoms with Gasteiger partial charge in [0.1, 0.15) is 0 Å². The van der Waals surface area contributed by atoms with Gasteiger partial charge in [-0.3, -0.25) is 4.79 Å². The fourth-order valence-corrected chi connectivity index (χ4v) is 0.827. The minimum absolute atomic E-state index is 0. The molecule has 55 valence electrons. The molecule has 0 aromatic carbocycles. The van der Waals surface area contributed by atoms with E-state index in [1.54, 1.807) is 0 Å². The Kier molecular flexibility index (Phi) is 2.26. The molecule has 1 N–H and O–H groups in total. The molecule has 1 aliphatic carbocycles. The first-order chi connectivity index (χ1) is 4.79. The summed E-state index contributed by atoms with van der Waals surface area (Å²) in [6, 6.07) is 0.0856. The highest BCUT2D eigenvalue weighted by atomic mass is 16.1. The van der Waals surface area contributed by atoms with Gasteiger partial charge in [0.25, 0.3) is 0 Å². The van der Waals surface area contributed by atoms with E-state index in [2.05, 4.69) is 5.32 Å². The van der Waals surface area contributed by atoms with Crippen molar-refractivity contribution in [2.24, 2.45) is 0 Å². The molecule has 0 aliphatic heterocycles. The molecule has 1 atom stereocenters. The van der Waals surface area contributed by atoms with Crippen LogP contribution in [0, 0.1) is 6.42 Å². The third-order valence-corrected chi connectivity index (χ3v) is 1.23. The quantitative estimate of drug-likeness (QED) is 0.577. The van der Waals surface area contributed by atoms with Gasteiger partial charge in [0.2, 0.25) is 5.91 Å². The maximum absolute atomic E-state index is 10.5. The first-order valence-corrected chi connectivity index (χ1v) is 3.24. The van der Waals surface area contributed by atoms with E-state index in [1.807, 2.05) is 30.7 Å². The SMILES string of the molecule is CC(=O)NC1[CH]C=CC=C1.[HH]. The summed E-state index contributed by atoms with van der Waals surface area (Å²) < 4.78 is 0. The monoisotopic (exact) mass is 138 g/mol. The fourth-order valence-electron chi connectivity index (χ4n) is 0.827. The maximum atomic E-state index is 10.5. The molecule has 1 rings (SSSR count). The van der Waals surface area contributed by atoms with Gasteiger partial charge in [0.05, 0.1) is 6.04 Å². The van der Waals surface area contributed by atoms with Crippen molar-refractivity contribution in [3.8, 4) is 0 Å². The van der Waals surface area contributed by atoms with E-state index in [9.17, 15) is 4.79 Å². The molecular formula is C8H12NO. The summed E-state index contributed by atoms with van der Waals surface area (Å²) in [4.78, 5) is 10.5. The highest BCUT2D eigenvalue weighted by molar-refractivity contribution is 5.73. The van der Waals surface area contributed by atoms with E-state index in [-0.39, 0.29) is 13.4 Å². The van der Waals surface area contributed by atoms with Crippen LogP contribution in [0.4, 0.5) is 0 Å². The summed E-state index contributed by atoms with van der Waals surface area (Å²) in [5.41, 5.74) is 0. The molecule has 1 unspecified atom stereocenters. The lowest BCUT2D eigenvalue weighted by molar-refractivity contribution is -0.119. The van der Waals surface area contributed by atoms with Crippen molar-refractivity contribution in [1.29, 1.82) is 0 Å². The van der Waals surface area contributed by atoms with E-state index in [0.717, 1.165) is 0 Å². The smallest absolute Gasteiger partial charge is 0.217 e. The second-order valence-electron chi connectivity index (χ2n) is 2.19. The molecule has 1 amide bonds. The van der Waals surface area contributed by atoms with Gasteiger partial charge in [-0.05, 0) is 0 Å². The van der Waals surface area contributed by atoms with Gasteiger partial charge in [-0.2, -0.15) is 0 Å². The Morgan fingerprint density at radius 2 is 2.30 bits per heavy atom. The molecule has 2 nitrogen and oxygen atoms in total. The van der Waals surface area contributed by atoms with Crippen LogP contribution in [0.1, 0.15) is 8.35 Å². The van der Waals surface area contributed by atoms with Crippen molar-refractivity contribution in [1.82, 2.24) is 5.32 Å². The van der Waals surface area contributed by atoms with E-state index in [0.29, 0.717) is 0 Å². The molecule has 0 aromatic rings. The second kappa shape index (κ2) is 3.20. The molecule has 0 aromatic heterocycles. The van der Waals surface area contributed by atoms with Gasteiger partial charge in [-0.1, -0.05) is 24.3 Å². The Bertz CT molecular complexity index is 187. The second-order valence-corrected chi connectivity index (χ2v) is 2.19. The van der Waals surface area contributed by atoms with Crippen molar-refractivity contribution in [3.63, 3.8) is 0 Å². The summed E-state index contributed by atoms with van der Waals surface area (Å²) in [7, 11) is 0. The van der Waals surface area contributed by atoms with Crippen molar-refractivity contribution in [2.45, 2.75) is 13.0 Å². The van der Waals surface area contributed by atoms with Crippen LogP contribution in [-0.4, -0.2) is 11.9 Å². The van der Waals surface area contributed by atoms with E-state index in [1.165, 1.54) is 6.92 Å². The molecule has 0 spiro atoms. The largest absolute Gasteiger partial charge is 0.350 e. The summed E-state index contributed by atoms with van der Waals surface area (Å²) in [5.74, 6) is 0.00111. The standard InChI is InChI=1S/C8H10NO.H2/c1-7(10)9-8-5-3-2-4-6-8;/h2-6,8H,1H3,(H,9,10);1H. The lowest BCUT2D eigenvalue weighted by Crippen LogP contribution is -2.31. The Morgan fingerprint density at radius 3 is 2.80 bits per heavy atom. The number of nitrogens with one attached hydrogen (secondary N) is 1. The van der Waals surface area contributed by atoms with Gasteiger partial charge < -0.3 is 5.32 Å². The Morgan fingerprint density at radius 1 is 1.50 bits per heavy atom. The number of carbonyl (C=O) groups excluding carboxylic acids is 1. The van der Waals surface area contributed by atoms with Crippen LogP contribution in [0.3, 0.4) is 0 Å². The number of rotatable bonds is 1. The number of hydrogen-bond donors (Lipinski definition) is 1. The Labute approximate surface area is 62.1 Å². The molecule has 0 saturated carbocycles. The number of hydrogen-bond acceptors (Lipinski definition) is 1. The fraction of sp³-hybridized carbons (Fsp3) is 0.250. The molecular weight excluding hydrogens is 126 g/mol. The van der Waals surface area contributed by atoms with Crippen LogP contribution in [0.15, 0.2) is 24.3 Å². The van der Waals surface area contributed by atoms with E-state index >= 15 is 0 Å². The number of amides is 1. The molecule has 10 heavy (non-hydrogen) atoms. The average Bonchev–Trinajstić information content (AvgIpc) is 1.88. The van der Waals surface area contributed by atoms with Crippen LogP contribution >= 0.6 is 0 Å². The minimum atomic E-state index is 0. The Balaban J connectivity index is 0.000001000. The number of carbonyl (C=O) groups is 1. The normalized spacial score (nSPS) is 22.7. The average molecular weight is 138 g/mol. The lowest BCUT2D eigenvalue weighted by atomic mass is 10.1. The third-order valence-electron chi connectivity index (χ3n) is 1.23. The van der Waals surface area contributed by atoms with Gasteiger partial charge in [0.15, 0.2) is 0 Å². The predicted molar refractivity (Wildman–Crippen MR) is 42.3 cm³/mol. The predicted octanol–water partition coefficient (Wildman–Crippen LogP) is 1.07. The zero-order chi connectivity index (χ0) is 7.40. The van der Waals surface area contributed by atoms with Crippen molar-refractivity contribution in [2.75, 3.05) is 0 Å². The molecule has 0 bridgehead atoms. The minimum Gasteiger partial charge on any atom is -0.350 e. The molecule has 1 aliphatic rings. The molecule has 2 heteroatoms. The van der Waals surface area contributed by atoms with Crippen molar-refractivity contribution in [3.05, 3.63) is 30.7 Å². The molecule has 0 saturated heterocycles. The van der Waals surface area contributed by atoms with Crippen LogP contribution in [0.5, 0.6) is 0 Å². The third kappa shape index (κ3) is 2.05. The maximum Gasteiger partial charge on any atom is 0.217 e. The van der Waals surface area contributed by atoms with E-state index < -0.39 is 0 Å². The van der Waals surface area contributed by atoms with Crippen LogP contribution in [-0.2, 0) is 4.79 Å². The zero-order valence-corrected chi connectivity index (χ0v) is 5.87. The summed E-state index contributed by atoms with van der Waals surface area (Å²) in [5, 5.41) is 2.75. The van der Waals surface area contributed by atoms with Crippen LogP contribution in [0.2, 0.25) is 0 Å². The van der Waals surface area contributed by atoms with Crippen LogP contribution < -0.4 is 5.32 Å². The van der Waals surface area contributed by atoms with Gasteiger partial charge in [-0.25, -0.2) is 0 Å². The van der Waals surface area contributed by atoms with Gasteiger partial charge in [0, 0.05) is 14.8 Å². The molecule has 1 radical (unpaired) electrons. The number of allylic oxidation sites excluding steroid dienone is 2. The first kappa shape index (κ1) is 7.06. The molecule has 0 fully saturated rings. The van der Waals surface area contributed by atoms with Gasteiger partial charge >= 0.3 is 0 Å². The highest BCUT2D eigenvalue weighted by Gasteiger charge is 2.04. The van der Waals surface area contributed by atoms with Gasteiger partial charge in [-0.15, -0.1) is 0 Å². The summed E-state index contributed by atoms with van der Waals surface area (Å²) >= 11 is 0. The van der Waals surface area contributed by atoms with Crippen molar-refractivity contribution < 1.29 is 6.22 Å². The lowest BCUT2D eigenvalue weighted by Gasteiger charge is -2.12. The Hall–Kier alpha value is -1.05. The van der Waals surface area contributed by atoms with Crippen molar-refractivity contribution >= 4 is 5.91 Å². The summed E-state index contributed by atoms with van der Waals surface area (Å²) in [6.07, 6.45) is 9.63. The zero-order valence-electron chi connectivity index (χ0n) is 5.87. The van der Waals surface area contributed by atoms with Crippen LogP contribution in [0.25, 0.3) is 0 Å². The molecule has 0 heterocycles. The topological polar surface area (TPSA) is 29.1 Å². The summed E-state index contributed by atoms with van der Waals surface area (Å²) in [6.45, 7) is 1.51. The van der Waals surface area contributed by atoms with E-state index in [4.69, 9.17) is 0 Å². The first-order valence-electron chi connectivity index (χ1n) is 3.24.